The van der Waals surface area contributed by atoms with E-state index in [1.807, 2.05) is 0 Å². The monoisotopic (exact) mass is 592 g/mol. The van der Waals surface area contributed by atoms with Gasteiger partial charge in [0.15, 0.2) is 5.69 Å². The topological polar surface area (TPSA) is 76.5 Å². The number of piperidine rings is 1. The van der Waals surface area contributed by atoms with E-state index >= 15 is 0 Å². The zero-order valence-corrected chi connectivity index (χ0v) is 23.8. The Bertz CT molecular complexity index is 1230. The van der Waals surface area contributed by atoms with E-state index in [2.05, 4.69) is 22.1 Å². The third-order valence-electron chi connectivity index (χ3n) is 7.18. The van der Waals surface area contributed by atoms with E-state index in [1.54, 1.807) is 11.8 Å². The van der Waals surface area contributed by atoms with Crippen LogP contribution in [-0.2, 0) is 17.8 Å². The Hall–Kier alpha value is -2.89. The predicted octanol–water partition coefficient (Wildman–Crippen LogP) is 6.33. The number of hydrogen-bond acceptors (Lipinski definition) is 4. The van der Waals surface area contributed by atoms with Gasteiger partial charge in [-0.05, 0) is 49.8 Å². The van der Waals surface area contributed by atoms with Crippen molar-refractivity contribution in [2.45, 2.75) is 79.3 Å². The first-order valence-electron chi connectivity index (χ1n) is 13.0. The molecule has 7 nitrogen and oxygen atoms in total. The number of halogens is 6. The lowest BCUT2D eigenvalue weighted by Crippen LogP contribution is -2.50. The summed E-state index contributed by atoms with van der Waals surface area (Å²) in [4.78, 5) is 26.9. The predicted molar refractivity (Wildman–Crippen MR) is 140 cm³/mol. The second-order valence-corrected chi connectivity index (χ2v) is 11.2. The van der Waals surface area contributed by atoms with E-state index in [0.717, 1.165) is 32.8 Å². The zero-order valence-electron chi connectivity index (χ0n) is 23.0. The summed E-state index contributed by atoms with van der Waals surface area (Å²) in [5.41, 5.74) is -1.96. The molecule has 0 aliphatic carbocycles. The number of carbonyl (C=O) groups is 2. The fourth-order valence-electron chi connectivity index (χ4n) is 4.85. The van der Waals surface area contributed by atoms with Gasteiger partial charge in [-0.2, -0.15) is 27.1 Å². The molecule has 1 aromatic heterocycles. The molecular formula is C27H34ClF5N4O3. The van der Waals surface area contributed by atoms with Gasteiger partial charge >= 0.3 is 12.8 Å². The summed E-state index contributed by atoms with van der Waals surface area (Å²) in [6.45, 7) is 5.00. The standard InChI is InChI=1S/C27H34ClF5N4O3/c1-6-37-23(19-10-8-17(11-20(19)40-25(29)30)12-26(4,5)27(31,32)33)21(28)22(35-37)24(39)34-13-18-9-7-15(2)14-36(18)16(3)38/h8,10-11,15,18,25H,6-7,9,12-14H2,1-5H3,(H,34,39)/t15-,18+/m0/s1. The minimum absolute atomic E-state index is 0.0521. The van der Waals surface area contributed by atoms with Crippen molar-refractivity contribution in [1.82, 2.24) is 20.0 Å². The SMILES string of the molecule is CCn1nc(C(=O)NC[C@H]2CC[C@H](C)CN2C(C)=O)c(Cl)c1-c1ccc(CC(C)(C)C(F)(F)F)cc1OC(F)F. The Morgan fingerprint density at radius 2 is 1.90 bits per heavy atom. The summed E-state index contributed by atoms with van der Waals surface area (Å²) in [5.74, 6) is -0.735. The first kappa shape index (κ1) is 31.6. The molecule has 1 aliphatic heterocycles. The number of alkyl halides is 5. The molecule has 2 heterocycles. The Morgan fingerprint density at radius 3 is 2.48 bits per heavy atom. The van der Waals surface area contributed by atoms with Crippen molar-refractivity contribution in [3.63, 3.8) is 0 Å². The van der Waals surface area contributed by atoms with Crippen LogP contribution in [0.25, 0.3) is 11.3 Å². The van der Waals surface area contributed by atoms with Crippen LogP contribution in [0, 0.1) is 11.3 Å². The van der Waals surface area contributed by atoms with Crippen molar-refractivity contribution in [2.24, 2.45) is 11.3 Å². The molecule has 1 fully saturated rings. The van der Waals surface area contributed by atoms with Crippen molar-refractivity contribution in [1.29, 1.82) is 0 Å². The minimum atomic E-state index is -4.51. The highest BCUT2D eigenvalue weighted by Crippen LogP contribution is 2.43. The number of nitrogens with one attached hydrogen (secondary N) is 1. The molecule has 0 bridgehead atoms. The highest BCUT2D eigenvalue weighted by Gasteiger charge is 2.47. The number of nitrogens with zero attached hydrogens (tertiary/aromatic N) is 3. The normalized spacial score (nSPS) is 18.2. The average molecular weight is 593 g/mol. The number of aromatic nitrogens is 2. The first-order valence-corrected chi connectivity index (χ1v) is 13.4. The molecule has 0 spiro atoms. The zero-order chi connectivity index (χ0) is 30.0. The Kier molecular flexibility index (Phi) is 9.74. The van der Waals surface area contributed by atoms with E-state index in [-0.39, 0.29) is 58.3 Å². The second-order valence-electron chi connectivity index (χ2n) is 10.8. The van der Waals surface area contributed by atoms with Crippen LogP contribution in [0.4, 0.5) is 22.0 Å². The van der Waals surface area contributed by atoms with Crippen LogP contribution in [0.1, 0.15) is 63.5 Å². The molecule has 2 atom stereocenters. The van der Waals surface area contributed by atoms with Gasteiger partial charge in [-0.3, -0.25) is 14.3 Å². The molecule has 13 heteroatoms. The van der Waals surface area contributed by atoms with E-state index in [4.69, 9.17) is 11.6 Å². The summed E-state index contributed by atoms with van der Waals surface area (Å²) in [5, 5.41) is 6.92. The molecule has 1 N–H and O–H groups in total. The molecule has 0 unspecified atom stereocenters. The Labute approximate surface area is 235 Å². The van der Waals surface area contributed by atoms with E-state index in [9.17, 15) is 31.5 Å². The summed E-state index contributed by atoms with van der Waals surface area (Å²) >= 11 is 6.57. The number of likely N-dealkylation sites (tertiary alicyclic amines) is 1. The van der Waals surface area contributed by atoms with Crippen LogP contribution in [0.3, 0.4) is 0 Å². The van der Waals surface area contributed by atoms with E-state index in [1.165, 1.54) is 23.7 Å². The lowest BCUT2D eigenvalue weighted by Gasteiger charge is -2.38. The summed E-state index contributed by atoms with van der Waals surface area (Å²) < 4.78 is 73.0. The van der Waals surface area contributed by atoms with Gasteiger partial charge < -0.3 is 15.0 Å². The number of ether oxygens (including phenoxy) is 1. The molecule has 3 rings (SSSR count). The maximum Gasteiger partial charge on any atom is 0.394 e. The van der Waals surface area contributed by atoms with Gasteiger partial charge in [-0.15, -0.1) is 0 Å². The maximum atomic E-state index is 13.4. The van der Waals surface area contributed by atoms with Gasteiger partial charge in [0.1, 0.15) is 5.75 Å². The summed E-state index contributed by atoms with van der Waals surface area (Å²) in [6.07, 6.45) is -3.36. The Balaban J connectivity index is 1.92. The van der Waals surface area contributed by atoms with Crippen LogP contribution in [0.15, 0.2) is 18.2 Å². The molecule has 0 saturated carbocycles. The van der Waals surface area contributed by atoms with E-state index in [0.29, 0.717) is 12.5 Å². The lowest BCUT2D eigenvalue weighted by molar-refractivity contribution is -0.211. The van der Waals surface area contributed by atoms with Gasteiger partial charge in [-0.1, -0.05) is 38.4 Å². The van der Waals surface area contributed by atoms with Gasteiger partial charge in [0.05, 0.1) is 16.1 Å². The number of hydrogen-bond donors (Lipinski definition) is 1. The molecule has 1 aromatic carbocycles. The van der Waals surface area contributed by atoms with Gasteiger partial charge in [-0.25, -0.2) is 0 Å². The molecule has 2 aromatic rings. The summed E-state index contributed by atoms with van der Waals surface area (Å²) in [7, 11) is 0. The molecule has 40 heavy (non-hydrogen) atoms. The fraction of sp³-hybridized carbons (Fsp3) is 0.593. The third-order valence-corrected chi connectivity index (χ3v) is 7.54. The number of amides is 2. The van der Waals surface area contributed by atoms with Gasteiger partial charge in [0.25, 0.3) is 5.91 Å². The van der Waals surface area contributed by atoms with Crippen LogP contribution in [0.5, 0.6) is 5.75 Å². The highest BCUT2D eigenvalue weighted by molar-refractivity contribution is 6.36. The average Bonchev–Trinajstić information content (AvgIpc) is 3.18. The Morgan fingerprint density at radius 1 is 1.23 bits per heavy atom. The number of benzene rings is 1. The van der Waals surface area contributed by atoms with Crippen molar-refractivity contribution in [3.8, 4) is 17.0 Å². The number of rotatable bonds is 9. The smallest absolute Gasteiger partial charge is 0.394 e. The lowest BCUT2D eigenvalue weighted by atomic mass is 9.84. The quantitative estimate of drug-likeness (QED) is 0.345. The number of aryl methyl sites for hydroxylation is 1. The van der Waals surface area contributed by atoms with Crippen molar-refractivity contribution >= 4 is 23.4 Å². The van der Waals surface area contributed by atoms with Crippen LogP contribution < -0.4 is 10.1 Å². The molecule has 1 saturated heterocycles. The molecule has 222 valence electrons. The van der Waals surface area contributed by atoms with Crippen molar-refractivity contribution < 1.29 is 36.3 Å². The van der Waals surface area contributed by atoms with E-state index < -0.39 is 30.5 Å². The van der Waals surface area contributed by atoms with Gasteiger partial charge in [0.2, 0.25) is 5.91 Å². The second kappa shape index (κ2) is 12.3. The van der Waals surface area contributed by atoms with Gasteiger partial charge in [0, 0.05) is 38.2 Å². The highest BCUT2D eigenvalue weighted by atomic mass is 35.5. The molecular weight excluding hydrogens is 559 g/mol. The minimum Gasteiger partial charge on any atom is -0.434 e. The molecule has 1 aliphatic rings. The van der Waals surface area contributed by atoms with Crippen molar-refractivity contribution in [2.75, 3.05) is 13.1 Å². The molecule has 2 amide bonds. The van der Waals surface area contributed by atoms with Crippen molar-refractivity contribution in [3.05, 3.63) is 34.5 Å². The largest absolute Gasteiger partial charge is 0.434 e. The molecule has 0 radical (unpaired) electrons. The first-order chi connectivity index (χ1) is 18.6. The number of carbonyl (C=O) groups excluding carboxylic acids is 2. The van der Waals surface area contributed by atoms with Crippen LogP contribution in [0.2, 0.25) is 5.02 Å². The van der Waals surface area contributed by atoms with Crippen LogP contribution in [-0.4, -0.2) is 58.4 Å². The van der Waals surface area contributed by atoms with Crippen LogP contribution >= 0.6 is 11.6 Å². The fourth-order valence-corrected chi connectivity index (χ4v) is 5.17. The third kappa shape index (κ3) is 7.05. The summed E-state index contributed by atoms with van der Waals surface area (Å²) in [6, 6.07) is 3.65. The maximum absolute atomic E-state index is 13.4.